The Morgan fingerprint density at radius 2 is 1.40 bits per heavy atom. The van der Waals surface area contributed by atoms with Crippen LogP contribution in [0.3, 0.4) is 0 Å². The molecule has 0 amide bonds. The van der Waals surface area contributed by atoms with Crippen LogP contribution in [-0.2, 0) is 14.2 Å². The Morgan fingerprint density at radius 1 is 0.711 bits per heavy atom. The molecule has 0 bridgehead atoms. The summed E-state index contributed by atoms with van der Waals surface area (Å²) in [6.45, 7) is 0.881. The lowest BCUT2D eigenvalue weighted by Crippen LogP contribution is -2.61. The first-order valence-corrected chi connectivity index (χ1v) is 13.8. The molecule has 1 aromatic heterocycles. The zero-order valence-corrected chi connectivity index (χ0v) is 23.3. The first-order valence-electron chi connectivity index (χ1n) is 13.8. The van der Waals surface area contributed by atoms with E-state index in [9.17, 15) is 55.9 Å². The van der Waals surface area contributed by atoms with Crippen molar-refractivity contribution in [3.63, 3.8) is 0 Å². The SMILES string of the molecule is C[C@@H]1O[C@@H](OC[C@H]2O[C@@H](Oc3cc4c(oc(=O)c5cc(O)c(O)c(O)c54)c4cccc(O)c34)[C@H](O)[C@@H](O)[C@@H]2O)[C@H](O)[C@H](O)[C@H]1O. The standard InChI is InChI=1S/C29H30O16/c1-8-18(32)22(36)24(38)28(42-8)41-7-15-20(34)23(37)25(39)29(44-15)43-14-6-10-16-11(5-13(31)19(33)21(16)35)27(40)45-26(10)9-3-2-4-12(30)17(9)14/h2-6,8,15,18,20,22-25,28-39H,7H2,1H3/t8-,15+,18-,20+,22+,23-,24+,25+,28+,29+/m0/s1. The number of phenols is 4. The highest BCUT2D eigenvalue weighted by atomic mass is 16.7. The first-order chi connectivity index (χ1) is 21.3. The summed E-state index contributed by atoms with van der Waals surface area (Å²) in [6.07, 6.45) is -15.6. The normalized spacial score (nSPS) is 32.3. The number of aliphatic hydroxyl groups is 6. The minimum absolute atomic E-state index is 0.0189. The van der Waals surface area contributed by atoms with Crippen molar-refractivity contribution in [1.29, 1.82) is 0 Å². The molecule has 0 radical (unpaired) electrons. The van der Waals surface area contributed by atoms with E-state index in [0.717, 1.165) is 6.07 Å². The second-order valence-corrected chi connectivity index (χ2v) is 11.0. The highest BCUT2D eigenvalue weighted by Crippen LogP contribution is 2.47. The van der Waals surface area contributed by atoms with Crippen molar-refractivity contribution in [2.75, 3.05) is 6.61 Å². The third-order valence-electron chi connectivity index (χ3n) is 8.14. The predicted molar refractivity (Wildman–Crippen MR) is 150 cm³/mol. The van der Waals surface area contributed by atoms with E-state index < -0.39 is 90.9 Å². The molecule has 0 saturated carbocycles. The van der Waals surface area contributed by atoms with Crippen LogP contribution in [0.4, 0.5) is 0 Å². The molecule has 10 atom stereocenters. The number of rotatable bonds is 5. The third-order valence-corrected chi connectivity index (χ3v) is 8.14. The molecule has 242 valence electrons. The Kier molecular flexibility index (Phi) is 7.88. The van der Waals surface area contributed by atoms with Crippen LogP contribution < -0.4 is 10.4 Å². The molecule has 2 aliphatic rings. The minimum atomic E-state index is -1.87. The highest BCUT2D eigenvalue weighted by molar-refractivity contribution is 6.19. The second-order valence-electron chi connectivity index (χ2n) is 11.0. The number of phenolic OH excluding ortho intramolecular Hbond substituents is 4. The highest BCUT2D eigenvalue weighted by Gasteiger charge is 2.47. The quantitative estimate of drug-likeness (QED) is 0.0713. The van der Waals surface area contributed by atoms with Crippen molar-refractivity contribution in [3.05, 3.63) is 40.8 Å². The molecule has 2 saturated heterocycles. The maximum Gasteiger partial charge on any atom is 0.344 e. The number of hydrogen-bond acceptors (Lipinski definition) is 16. The van der Waals surface area contributed by atoms with Gasteiger partial charge < -0.3 is 74.4 Å². The Morgan fingerprint density at radius 3 is 2.13 bits per heavy atom. The van der Waals surface area contributed by atoms with Crippen molar-refractivity contribution < 1.29 is 74.4 Å². The molecule has 0 unspecified atom stereocenters. The van der Waals surface area contributed by atoms with Gasteiger partial charge >= 0.3 is 5.63 Å². The van der Waals surface area contributed by atoms with Gasteiger partial charge in [0.1, 0.15) is 59.8 Å². The van der Waals surface area contributed by atoms with Crippen LogP contribution in [0, 0.1) is 0 Å². The van der Waals surface area contributed by atoms with E-state index in [2.05, 4.69) is 0 Å². The fourth-order valence-corrected chi connectivity index (χ4v) is 5.63. The van der Waals surface area contributed by atoms with Crippen LogP contribution in [0.5, 0.6) is 28.7 Å². The van der Waals surface area contributed by atoms with Crippen molar-refractivity contribution in [2.24, 2.45) is 0 Å². The van der Waals surface area contributed by atoms with Crippen molar-refractivity contribution in [1.82, 2.24) is 0 Å². The average Bonchev–Trinajstić information content (AvgIpc) is 3.01. The van der Waals surface area contributed by atoms with Gasteiger partial charge in [0.2, 0.25) is 12.0 Å². The van der Waals surface area contributed by atoms with Crippen LogP contribution >= 0.6 is 0 Å². The lowest BCUT2D eigenvalue weighted by Gasteiger charge is -2.42. The van der Waals surface area contributed by atoms with Gasteiger partial charge in [-0.15, -0.1) is 0 Å². The number of ether oxygens (including phenoxy) is 4. The van der Waals surface area contributed by atoms with Gasteiger partial charge in [-0.1, -0.05) is 12.1 Å². The number of fused-ring (bicyclic) bond motifs is 5. The molecular formula is C29H30O16. The summed E-state index contributed by atoms with van der Waals surface area (Å²) in [7, 11) is 0. The molecule has 16 nitrogen and oxygen atoms in total. The molecule has 4 aromatic rings. The van der Waals surface area contributed by atoms with E-state index in [1.807, 2.05) is 0 Å². The molecule has 2 fully saturated rings. The maximum absolute atomic E-state index is 12.8. The molecule has 6 rings (SSSR count). The zero-order valence-electron chi connectivity index (χ0n) is 23.3. The Hall–Kier alpha value is -3.97. The van der Waals surface area contributed by atoms with Crippen molar-refractivity contribution >= 4 is 32.5 Å². The van der Waals surface area contributed by atoms with E-state index in [-0.39, 0.29) is 44.0 Å². The lowest BCUT2D eigenvalue weighted by molar-refractivity contribution is -0.318. The summed E-state index contributed by atoms with van der Waals surface area (Å²) in [5.41, 5.74) is -1.11. The van der Waals surface area contributed by atoms with E-state index in [4.69, 9.17) is 23.4 Å². The minimum Gasteiger partial charge on any atom is -0.507 e. The van der Waals surface area contributed by atoms with Crippen LogP contribution in [0.15, 0.2) is 39.5 Å². The molecule has 2 aliphatic heterocycles. The second kappa shape index (κ2) is 11.4. The molecule has 0 aliphatic carbocycles. The number of hydrogen-bond donors (Lipinski definition) is 10. The van der Waals surface area contributed by atoms with Crippen LogP contribution in [0.2, 0.25) is 0 Å². The molecule has 0 spiro atoms. The Bertz CT molecular complexity index is 1820. The first kappa shape index (κ1) is 31.0. The molecular weight excluding hydrogens is 604 g/mol. The topological polar surface area (TPSA) is 269 Å². The summed E-state index contributed by atoms with van der Waals surface area (Å²) in [5, 5.41) is 103. The summed E-state index contributed by atoms with van der Waals surface area (Å²) in [4.78, 5) is 12.8. The Labute approximate surface area is 251 Å². The lowest BCUT2D eigenvalue weighted by atomic mass is 9.98. The van der Waals surface area contributed by atoms with Crippen molar-refractivity contribution in [3.8, 4) is 28.7 Å². The van der Waals surface area contributed by atoms with Gasteiger partial charge in [0.15, 0.2) is 17.8 Å². The summed E-state index contributed by atoms with van der Waals surface area (Å²) < 4.78 is 28.0. The van der Waals surface area contributed by atoms with Crippen molar-refractivity contribution in [2.45, 2.75) is 68.3 Å². The van der Waals surface area contributed by atoms with E-state index >= 15 is 0 Å². The number of aliphatic hydroxyl groups excluding tert-OH is 6. The maximum atomic E-state index is 12.8. The fourth-order valence-electron chi connectivity index (χ4n) is 5.63. The number of benzene rings is 3. The van der Waals surface area contributed by atoms with E-state index in [1.165, 1.54) is 31.2 Å². The summed E-state index contributed by atoms with van der Waals surface area (Å²) in [5.74, 6) is -3.14. The van der Waals surface area contributed by atoms with Gasteiger partial charge in [0.25, 0.3) is 0 Å². The van der Waals surface area contributed by atoms with Gasteiger partial charge in [-0.25, -0.2) is 4.79 Å². The van der Waals surface area contributed by atoms with E-state index in [1.54, 1.807) is 0 Å². The predicted octanol–water partition coefficient (Wildman–Crippen LogP) is -1.05. The molecule has 10 N–H and O–H groups in total. The smallest absolute Gasteiger partial charge is 0.344 e. The molecule has 45 heavy (non-hydrogen) atoms. The number of aromatic hydroxyl groups is 4. The summed E-state index contributed by atoms with van der Waals surface area (Å²) >= 11 is 0. The monoisotopic (exact) mass is 634 g/mol. The van der Waals surface area contributed by atoms with Crippen LogP contribution in [0.25, 0.3) is 32.5 Å². The zero-order chi connectivity index (χ0) is 32.5. The van der Waals surface area contributed by atoms with Gasteiger partial charge in [-0.2, -0.15) is 0 Å². The third kappa shape index (κ3) is 5.05. The summed E-state index contributed by atoms with van der Waals surface area (Å²) in [6, 6.07) is 6.27. The van der Waals surface area contributed by atoms with Crippen LogP contribution in [-0.4, -0.2) is 119 Å². The molecule has 3 aromatic carbocycles. The van der Waals surface area contributed by atoms with Gasteiger partial charge in [-0.05, 0) is 25.1 Å². The van der Waals surface area contributed by atoms with Gasteiger partial charge in [0.05, 0.1) is 23.5 Å². The fraction of sp³-hybridized carbons (Fsp3) is 0.414. The molecule has 16 heteroatoms. The Balaban J connectivity index is 1.38. The average molecular weight is 635 g/mol. The molecule has 3 heterocycles. The van der Waals surface area contributed by atoms with E-state index in [0.29, 0.717) is 0 Å². The van der Waals surface area contributed by atoms with Crippen LogP contribution in [0.1, 0.15) is 6.92 Å². The van der Waals surface area contributed by atoms with Gasteiger partial charge in [0, 0.05) is 16.2 Å². The largest absolute Gasteiger partial charge is 0.507 e. The van der Waals surface area contributed by atoms with Gasteiger partial charge in [-0.3, -0.25) is 0 Å².